The maximum Gasteiger partial charge on any atom is 0.164 e. The summed E-state index contributed by atoms with van der Waals surface area (Å²) >= 11 is 0. The molecule has 0 radical (unpaired) electrons. The summed E-state index contributed by atoms with van der Waals surface area (Å²) in [4.78, 5) is 10.7. The minimum Gasteiger partial charge on any atom is -0.297 e. The average molecular weight is 210 g/mol. The van der Waals surface area contributed by atoms with E-state index in [0.29, 0.717) is 0 Å². The molecule has 84 valence electrons. The van der Waals surface area contributed by atoms with E-state index in [9.17, 15) is 9.18 Å². The topological polar surface area (TPSA) is 17.1 Å². The third-order valence-corrected chi connectivity index (χ3v) is 2.10. The van der Waals surface area contributed by atoms with Crippen molar-refractivity contribution in [1.29, 1.82) is 0 Å². The monoisotopic (exact) mass is 210 g/mol. The number of Topliss-reactive ketones (excluding diaryl/α,β-unsaturated/α-hetero) is 1. The molecular weight excluding hydrogens is 191 g/mol. The van der Waals surface area contributed by atoms with Crippen LogP contribution in [0.25, 0.3) is 0 Å². The second-order valence-electron chi connectivity index (χ2n) is 3.21. The van der Waals surface area contributed by atoms with Gasteiger partial charge in [-0.05, 0) is 25.0 Å². The molecule has 2 heteroatoms. The van der Waals surface area contributed by atoms with E-state index in [2.05, 4.69) is 0 Å². The van der Waals surface area contributed by atoms with E-state index in [1.165, 1.54) is 6.92 Å². The van der Waals surface area contributed by atoms with Crippen LogP contribution in [0.3, 0.4) is 0 Å². The summed E-state index contributed by atoms with van der Waals surface area (Å²) in [6.45, 7) is 7.20. The van der Waals surface area contributed by atoms with Crippen LogP contribution in [0.1, 0.15) is 31.9 Å². The van der Waals surface area contributed by atoms with Gasteiger partial charge in [-0.1, -0.05) is 38.1 Å². The number of hydrogen-bond acceptors (Lipinski definition) is 1. The third-order valence-electron chi connectivity index (χ3n) is 2.10. The zero-order chi connectivity index (χ0) is 11.8. The van der Waals surface area contributed by atoms with Crippen molar-refractivity contribution >= 4 is 5.78 Å². The fourth-order valence-electron chi connectivity index (χ4n) is 1.18. The number of rotatable bonds is 3. The Bertz CT molecular complexity index is 307. The van der Waals surface area contributed by atoms with E-state index >= 15 is 0 Å². The van der Waals surface area contributed by atoms with Crippen molar-refractivity contribution in [3.05, 3.63) is 35.4 Å². The second kappa shape index (κ2) is 7.16. The predicted molar refractivity (Wildman–Crippen MR) is 61.8 cm³/mol. The van der Waals surface area contributed by atoms with Gasteiger partial charge in [0.15, 0.2) is 12.0 Å². The van der Waals surface area contributed by atoms with E-state index in [1.54, 1.807) is 0 Å². The zero-order valence-electron chi connectivity index (χ0n) is 9.88. The van der Waals surface area contributed by atoms with Crippen LogP contribution in [0.15, 0.2) is 24.3 Å². The summed E-state index contributed by atoms with van der Waals surface area (Å²) in [5, 5.41) is 0. The molecule has 0 aliphatic heterocycles. The molecule has 0 fully saturated rings. The maximum absolute atomic E-state index is 13.0. The highest BCUT2D eigenvalue weighted by Gasteiger charge is 2.13. The van der Waals surface area contributed by atoms with E-state index in [0.717, 1.165) is 11.1 Å². The Morgan fingerprint density at radius 3 is 2.33 bits per heavy atom. The first kappa shape index (κ1) is 13.8. The van der Waals surface area contributed by atoms with E-state index in [1.807, 2.05) is 45.0 Å². The molecular formula is C13H19FO. The maximum atomic E-state index is 13.0. The van der Waals surface area contributed by atoms with Gasteiger partial charge in [0.25, 0.3) is 0 Å². The van der Waals surface area contributed by atoms with Gasteiger partial charge in [-0.25, -0.2) is 4.39 Å². The van der Waals surface area contributed by atoms with Crippen molar-refractivity contribution < 1.29 is 9.18 Å². The van der Waals surface area contributed by atoms with Crippen LogP contribution in [0.5, 0.6) is 0 Å². The Labute approximate surface area is 91.3 Å². The number of aryl methyl sites for hydroxylation is 1. The van der Waals surface area contributed by atoms with Crippen LogP contribution in [0.2, 0.25) is 0 Å². The van der Waals surface area contributed by atoms with Gasteiger partial charge < -0.3 is 0 Å². The molecule has 15 heavy (non-hydrogen) atoms. The Morgan fingerprint density at radius 1 is 1.33 bits per heavy atom. The molecule has 0 saturated heterocycles. The fraction of sp³-hybridized carbons (Fsp3) is 0.462. The number of benzene rings is 1. The third kappa shape index (κ3) is 4.73. The Kier molecular flexibility index (Phi) is 6.59. The number of halogens is 1. The molecule has 0 aliphatic rings. The first-order chi connectivity index (χ1) is 7.11. The molecule has 0 saturated carbocycles. The van der Waals surface area contributed by atoms with Gasteiger partial charge in [-0.2, -0.15) is 0 Å². The molecule has 0 amide bonds. The molecule has 1 rings (SSSR count). The predicted octanol–water partition coefficient (Wildman–Crippen LogP) is 3.49. The Balaban J connectivity index is 0.000000921. The number of hydrogen-bond donors (Lipinski definition) is 0. The number of ketones is 1. The summed E-state index contributed by atoms with van der Waals surface area (Å²) in [5.74, 6) is -0.400. The van der Waals surface area contributed by atoms with Crippen LogP contribution < -0.4 is 0 Å². The molecule has 0 aliphatic carbocycles. The first-order valence-corrected chi connectivity index (χ1v) is 5.30. The van der Waals surface area contributed by atoms with E-state index in [-0.39, 0.29) is 6.42 Å². The highest BCUT2D eigenvalue weighted by molar-refractivity contribution is 5.80. The van der Waals surface area contributed by atoms with Crippen LogP contribution >= 0.6 is 0 Å². The molecule has 0 spiro atoms. The summed E-state index contributed by atoms with van der Waals surface area (Å²) in [7, 11) is 0. The summed E-state index contributed by atoms with van der Waals surface area (Å²) < 4.78 is 13.0. The van der Waals surface area contributed by atoms with Crippen molar-refractivity contribution in [2.45, 2.75) is 40.3 Å². The molecule has 0 N–H and O–H groups in total. The lowest BCUT2D eigenvalue weighted by molar-refractivity contribution is -0.121. The van der Waals surface area contributed by atoms with Crippen molar-refractivity contribution in [3.63, 3.8) is 0 Å². The molecule has 1 atom stereocenters. The van der Waals surface area contributed by atoms with Crippen molar-refractivity contribution in [3.8, 4) is 0 Å². The zero-order valence-corrected chi connectivity index (χ0v) is 9.88. The standard InChI is InChI=1S/C11H13FO.C2H6/c1-8-5-3-4-6-10(8)7-11(12)9(2)13;1-2/h3-6,11H,7H2,1-2H3;1-2H3. The largest absolute Gasteiger partial charge is 0.297 e. The summed E-state index contributed by atoms with van der Waals surface area (Å²) in [6.07, 6.45) is -1.16. The number of carbonyl (C=O) groups is 1. The van der Waals surface area contributed by atoms with Crippen LogP contribution in [0.4, 0.5) is 4.39 Å². The van der Waals surface area contributed by atoms with E-state index < -0.39 is 12.0 Å². The van der Waals surface area contributed by atoms with Gasteiger partial charge in [-0.3, -0.25) is 4.79 Å². The van der Waals surface area contributed by atoms with Gasteiger partial charge in [0.1, 0.15) is 0 Å². The minimum absolute atomic E-state index is 0.196. The van der Waals surface area contributed by atoms with Crippen LogP contribution in [-0.2, 0) is 11.2 Å². The molecule has 1 aromatic carbocycles. The average Bonchev–Trinajstić information content (AvgIpc) is 2.24. The van der Waals surface area contributed by atoms with Gasteiger partial charge in [0, 0.05) is 6.42 Å². The van der Waals surface area contributed by atoms with Crippen LogP contribution in [0, 0.1) is 6.92 Å². The van der Waals surface area contributed by atoms with Gasteiger partial charge in [0.05, 0.1) is 0 Å². The lowest BCUT2D eigenvalue weighted by atomic mass is 10.0. The molecule has 1 nitrogen and oxygen atoms in total. The van der Waals surface area contributed by atoms with E-state index in [4.69, 9.17) is 0 Å². The quantitative estimate of drug-likeness (QED) is 0.746. The summed E-state index contributed by atoms with van der Waals surface area (Å²) in [6, 6.07) is 7.53. The molecule has 1 unspecified atom stereocenters. The molecule has 0 aromatic heterocycles. The van der Waals surface area contributed by atoms with Crippen molar-refractivity contribution in [1.82, 2.24) is 0 Å². The normalized spacial score (nSPS) is 11.3. The van der Waals surface area contributed by atoms with Gasteiger partial charge in [-0.15, -0.1) is 0 Å². The highest BCUT2D eigenvalue weighted by atomic mass is 19.1. The summed E-state index contributed by atoms with van der Waals surface area (Å²) in [5.41, 5.74) is 1.94. The number of alkyl halides is 1. The van der Waals surface area contributed by atoms with Crippen molar-refractivity contribution in [2.75, 3.05) is 0 Å². The van der Waals surface area contributed by atoms with Gasteiger partial charge in [0.2, 0.25) is 0 Å². The first-order valence-electron chi connectivity index (χ1n) is 5.30. The molecule has 0 bridgehead atoms. The SMILES string of the molecule is CC.CC(=O)C(F)Cc1ccccc1C. The highest BCUT2D eigenvalue weighted by Crippen LogP contribution is 2.11. The second-order valence-corrected chi connectivity index (χ2v) is 3.21. The molecule has 1 aromatic rings. The lowest BCUT2D eigenvalue weighted by Crippen LogP contribution is -2.15. The lowest BCUT2D eigenvalue weighted by Gasteiger charge is -2.06. The van der Waals surface area contributed by atoms with Crippen molar-refractivity contribution in [2.24, 2.45) is 0 Å². The Hall–Kier alpha value is -1.18. The Morgan fingerprint density at radius 2 is 1.87 bits per heavy atom. The smallest absolute Gasteiger partial charge is 0.164 e. The molecule has 0 heterocycles. The minimum atomic E-state index is -1.36. The fourth-order valence-corrected chi connectivity index (χ4v) is 1.18. The van der Waals surface area contributed by atoms with Crippen LogP contribution in [-0.4, -0.2) is 12.0 Å². The van der Waals surface area contributed by atoms with Gasteiger partial charge >= 0.3 is 0 Å². The number of carbonyl (C=O) groups excluding carboxylic acids is 1.